The minimum Gasteiger partial charge on any atom is -0.395 e. The molecule has 0 bridgehead atoms. The molecular weight excluding hydrogens is 156 g/mol. The van der Waals surface area contributed by atoms with Crippen LogP contribution in [0.3, 0.4) is 0 Å². The Kier molecular flexibility index (Phi) is 3.15. The summed E-state index contributed by atoms with van der Waals surface area (Å²) in [4.78, 5) is 1.25. The van der Waals surface area contributed by atoms with Crippen molar-refractivity contribution in [3.05, 3.63) is 21.9 Å². The van der Waals surface area contributed by atoms with Crippen molar-refractivity contribution < 1.29 is 5.11 Å². The Labute approximate surface area is 70.7 Å². The number of aliphatic hydroxyl groups is 1. The van der Waals surface area contributed by atoms with Crippen LogP contribution in [0.1, 0.15) is 16.9 Å². The topological polar surface area (TPSA) is 20.2 Å². The SMILES string of the molecule is Cc1sccc1C#CCCO. The molecule has 1 nitrogen and oxygen atoms in total. The van der Waals surface area contributed by atoms with Gasteiger partial charge in [-0.05, 0) is 18.4 Å². The van der Waals surface area contributed by atoms with Crippen molar-refractivity contribution in [3.63, 3.8) is 0 Å². The third kappa shape index (κ3) is 2.38. The highest BCUT2D eigenvalue weighted by Crippen LogP contribution is 2.12. The minimum absolute atomic E-state index is 0.149. The van der Waals surface area contributed by atoms with Crippen LogP contribution in [0.4, 0.5) is 0 Å². The van der Waals surface area contributed by atoms with Crippen molar-refractivity contribution in [1.29, 1.82) is 0 Å². The summed E-state index contributed by atoms with van der Waals surface area (Å²) in [5.41, 5.74) is 1.09. The van der Waals surface area contributed by atoms with E-state index in [1.54, 1.807) is 11.3 Å². The summed E-state index contributed by atoms with van der Waals surface area (Å²) in [7, 11) is 0. The van der Waals surface area contributed by atoms with Crippen molar-refractivity contribution >= 4 is 11.3 Å². The van der Waals surface area contributed by atoms with Crippen LogP contribution in [0.2, 0.25) is 0 Å². The van der Waals surface area contributed by atoms with Gasteiger partial charge in [0.15, 0.2) is 0 Å². The molecule has 11 heavy (non-hydrogen) atoms. The molecular formula is C9H10OS. The largest absolute Gasteiger partial charge is 0.395 e. The molecule has 0 unspecified atom stereocenters. The fourth-order valence-corrected chi connectivity index (χ4v) is 1.38. The van der Waals surface area contributed by atoms with Crippen LogP contribution in [0.25, 0.3) is 0 Å². The Morgan fingerprint density at radius 1 is 1.64 bits per heavy atom. The zero-order valence-corrected chi connectivity index (χ0v) is 7.24. The van der Waals surface area contributed by atoms with Gasteiger partial charge < -0.3 is 5.11 Å². The quantitative estimate of drug-likeness (QED) is 0.631. The Hall–Kier alpha value is -0.780. The van der Waals surface area contributed by atoms with Crippen LogP contribution >= 0.6 is 11.3 Å². The average molecular weight is 166 g/mol. The van der Waals surface area contributed by atoms with Crippen LogP contribution in [0.15, 0.2) is 11.4 Å². The van der Waals surface area contributed by atoms with Gasteiger partial charge in [0.05, 0.1) is 6.61 Å². The molecule has 1 aromatic heterocycles. The molecule has 1 heterocycles. The normalized spacial score (nSPS) is 8.91. The van der Waals surface area contributed by atoms with Gasteiger partial charge in [-0.3, -0.25) is 0 Å². The van der Waals surface area contributed by atoms with Gasteiger partial charge in [0, 0.05) is 16.9 Å². The molecule has 0 aliphatic carbocycles. The first kappa shape index (κ1) is 8.32. The van der Waals surface area contributed by atoms with Crippen LogP contribution in [0.5, 0.6) is 0 Å². The van der Waals surface area contributed by atoms with E-state index in [-0.39, 0.29) is 6.61 Å². The molecule has 0 aliphatic rings. The number of rotatable bonds is 1. The number of aryl methyl sites for hydroxylation is 1. The van der Waals surface area contributed by atoms with Gasteiger partial charge in [-0.2, -0.15) is 0 Å². The van der Waals surface area contributed by atoms with E-state index in [1.165, 1.54) is 4.88 Å². The number of thiophene rings is 1. The molecule has 1 aromatic rings. The van der Waals surface area contributed by atoms with E-state index in [2.05, 4.69) is 11.8 Å². The minimum atomic E-state index is 0.149. The average Bonchev–Trinajstić information content (AvgIpc) is 2.37. The van der Waals surface area contributed by atoms with Gasteiger partial charge in [-0.25, -0.2) is 0 Å². The highest BCUT2D eigenvalue weighted by Gasteiger charge is 1.92. The second-order valence-corrected chi connectivity index (χ2v) is 3.29. The van der Waals surface area contributed by atoms with Gasteiger partial charge >= 0.3 is 0 Å². The number of aliphatic hydroxyl groups excluding tert-OH is 1. The van der Waals surface area contributed by atoms with Crippen LogP contribution in [-0.4, -0.2) is 11.7 Å². The molecule has 0 radical (unpaired) electrons. The van der Waals surface area contributed by atoms with E-state index in [4.69, 9.17) is 5.11 Å². The highest BCUT2D eigenvalue weighted by atomic mass is 32.1. The Bertz CT molecular complexity index is 277. The van der Waals surface area contributed by atoms with E-state index < -0.39 is 0 Å². The van der Waals surface area contributed by atoms with Gasteiger partial charge in [0.2, 0.25) is 0 Å². The highest BCUT2D eigenvalue weighted by molar-refractivity contribution is 7.10. The summed E-state index contributed by atoms with van der Waals surface area (Å²) >= 11 is 1.70. The van der Waals surface area contributed by atoms with E-state index in [0.717, 1.165) is 5.56 Å². The van der Waals surface area contributed by atoms with Crippen LogP contribution in [-0.2, 0) is 0 Å². The Balaban J connectivity index is 2.65. The van der Waals surface area contributed by atoms with Gasteiger partial charge in [0.25, 0.3) is 0 Å². The fraction of sp³-hybridized carbons (Fsp3) is 0.333. The summed E-state index contributed by atoms with van der Waals surface area (Å²) in [6, 6.07) is 2.00. The summed E-state index contributed by atoms with van der Waals surface area (Å²) < 4.78 is 0. The van der Waals surface area contributed by atoms with Crippen LogP contribution < -0.4 is 0 Å². The molecule has 0 aliphatic heterocycles. The number of hydrogen-bond acceptors (Lipinski definition) is 2. The first-order chi connectivity index (χ1) is 5.34. The lowest BCUT2D eigenvalue weighted by Gasteiger charge is -1.83. The third-order valence-corrected chi connectivity index (χ3v) is 2.16. The van der Waals surface area contributed by atoms with Gasteiger partial charge in [-0.15, -0.1) is 11.3 Å². The maximum atomic E-state index is 8.46. The van der Waals surface area contributed by atoms with Crippen molar-refractivity contribution in [2.75, 3.05) is 6.61 Å². The van der Waals surface area contributed by atoms with Gasteiger partial charge in [-0.1, -0.05) is 11.8 Å². The predicted octanol–water partition coefficient (Wildman–Crippen LogP) is 1.79. The molecule has 0 amide bonds. The molecule has 2 heteroatoms. The molecule has 1 rings (SSSR count). The maximum absolute atomic E-state index is 8.46. The van der Waals surface area contributed by atoms with E-state index in [0.29, 0.717) is 6.42 Å². The molecule has 0 saturated carbocycles. The third-order valence-electron chi connectivity index (χ3n) is 1.32. The van der Waals surface area contributed by atoms with Crippen molar-refractivity contribution in [2.24, 2.45) is 0 Å². The molecule has 1 N–H and O–H groups in total. The second kappa shape index (κ2) is 4.17. The molecule has 0 saturated heterocycles. The molecule has 58 valence electrons. The molecule has 0 aromatic carbocycles. The lowest BCUT2D eigenvalue weighted by molar-refractivity contribution is 0.305. The van der Waals surface area contributed by atoms with Crippen molar-refractivity contribution in [1.82, 2.24) is 0 Å². The maximum Gasteiger partial charge on any atom is 0.0540 e. The van der Waals surface area contributed by atoms with Crippen molar-refractivity contribution in [2.45, 2.75) is 13.3 Å². The Morgan fingerprint density at radius 2 is 2.45 bits per heavy atom. The number of hydrogen-bond donors (Lipinski definition) is 1. The standard InChI is InChI=1S/C9H10OS/c1-8-9(5-7-11-8)4-2-3-6-10/h5,7,10H,3,6H2,1H3. The lowest BCUT2D eigenvalue weighted by Crippen LogP contribution is -1.77. The van der Waals surface area contributed by atoms with Crippen LogP contribution in [0, 0.1) is 18.8 Å². The summed E-state index contributed by atoms with van der Waals surface area (Å²) in [6.07, 6.45) is 0.565. The summed E-state index contributed by atoms with van der Waals surface area (Å²) in [5, 5.41) is 10.5. The van der Waals surface area contributed by atoms with Crippen molar-refractivity contribution in [3.8, 4) is 11.8 Å². The summed E-state index contributed by atoms with van der Waals surface area (Å²) in [6.45, 7) is 2.20. The molecule has 0 atom stereocenters. The Morgan fingerprint density at radius 3 is 3.00 bits per heavy atom. The first-order valence-corrected chi connectivity index (χ1v) is 4.36. The predicted molar refractivity (Wildman–Crippen MR) is 47.6 cm³/mol. The summed E-state index contributed by atoms with van der Waals surface area (Å²) in [5.74, 6) is 5.88. The zero-order valence-electron chi connectivity index (χ0n) is 6.42. The zero-order chi connectivity index (χ0) is 8.10. The lowest BCUT2D eigenvalue weighted by atomic mass is 10.2. The monoisotopic (exact) mass is 166 g/mol. The molecule has 0 fully saturated rings. The van der Waals surface area contributed by atoms with E-state index in [9.17, 15) is 0 Å². The molecule has 0 spiro atoms. The van der Waals surface area contributed by atoms with E-state index >= 15 is 0 Å². The first-order valence-electron chi connectivity index (χ1n) is 3.48. The van der Waals surface area contributed by atoms with Gasteiger partial charge in [0.1, 0.15) is 0 Å². The smallest absolute Gasteiger partial charge is 0.0540 e. The fourth-order valence-electron chi connectivity index (χ4n) is 0.728. The second-order valence-electron chi connectivity index (χ2n) is 2.17. The van der Waals surface area contributed by atoms with E-state index in [1.807, 2.05) is 18.4 Å².